The van der Waals surface area contributed by atoms with Gasteiger partial charge >= 0.3 is 6.03 Å². The number of hydrogen-bond donors (Lipinski definition) is 2. The Morgan fingerprint density at radius 1 is 1.06 bits per heavy atom. The molecule has 33 heavy (non-hydrogen) atoms. The van der Waals surface area contributed by atoms with Crippen molar-refractivity contribution >= 4 is 23.7 Å². The van der Waals surface area contributed by atoms with Crippen molar-refractivity contribution < 1.29 is 14.3 Å². The summed E-state index contributed by atoms with van der Waals surface area (Å²) in [7, 11) is 1.62. The average molecular weight is 466 g/mol. The fourth-order valence-electron chi connectivity index (χ4n) is 3.80. The van der Waals surface area contributed by atoms with Gasteiger partial charge in [0.2, 0.25) is 5.91 Å². The second-order valence-electron chi connectivity index (χ2n) is 7.91. The summed E-state index contributed by atoms with van der Waals surface area (Å²) in [5.74, 6) is 1.03. The number of aromatic nitrogens is 3. The largest absolute Gasteiger partial charge is 0.497 e. The van der Waals surface area contributed by atoms with Crippen LogP contribution in [0.2, 0.25) is 0 Å². The zero-order chi connectivity index (χ0) is 23.2. The second kappa shape index (κ2) is 10.5. The number of nitrogens with zero attached hydrogens (tertiary/aromatic N) is 3. The lowest BCUT2D eigenvalue weighted by molar-refractivity contribution is -0.119. The van der Waals surface area contributed by atoms with E-state index in [2.05, 4.69) is 20.8 Å². The SMILES string of the molecule is COc1ccc(-c2nnc(SC(C)C(=O)NC(=O)NC3CCCC3)n2-c2ccccc2)cc1. The molecule has 0 radical (unpaired) electrons. The number of imide groups is 1. The third-order valence-electron chi connectivity index (χ3n) is 5.57. The first-order valence-electron chi connectivity index (χ1n) is 11.0. The summed E-state index contributed by atoms with van der Waals surface area (Å²) in [6.07, 6.45) is 4.13. The molecule has 9 heteroatoms. The van der Waals surface area contributed by atoms with Crippen LogP contribution in [0.5, 0.6) is 5.75 Å². The molecule has 0 bridgehead atoms. The second-order valence-corrected chi connectivity index (χ2v) is 9.22. The molecule has 1 unspecified atom stereocenters. The van der Waals surface area contributed by atoms with E-state index in [0.29, 0.717) is 11.0 Å². The number of thioether (sulfide) groups is 1. The van der Waals surface area contributed by atoms with Crippen LogP contribution in [-0.4, -0.2) is 45.1 Å². The van der Waals surface area contributed by atoms with E-state index in [-0.39, 0.29) is 11.9 Å². The first-order valence-corrected chi connectivity index (χ1v) is 11.9. The van der Waals surface area contributed by atoms with Crippen LogP contribution in [0.3, 0.4) is 0 Å². The lowest BCUT2D eigenvalue weighted by Gasteiger charge is -2.15. The molecule has 1 atom stereocenters. The van der Waals surface area contributed by atoms with Gasteiger partial charge in [0.05, 0.1) is 12.4 Å². The summed E-state index contributed by atoms with van der Waals surface area (Å²) in [6.45, 7) is 1.75. The number of rotatable bonds is 7. The highest BCUT2D eigenvalue weighted by atomic mass is 32.2. The van der Waals surface area contributed by atoms with Crippen LogP contribution in [0.1, 0.15) is 32.6 Å². The van der Waals surface area contributed by atoms with Gasteiger partial charge in [-0.1, -0.05) is 42.8 Å². The summed E-state index contributed by atoms with van der Waals surface area (Å²) in [4.78, 5) is 24.9. The Morgan fingerprint density at radius 2 is 1.76 bits per heavy atom. The van der Waals surface area contributed by atoms with Gasteiger partial charge in [-0.25, -0.2) is 4.79 Å². The van der Waals surface area contributed by atoms with Gasteiger partial charge in [0.25, 0.3) is 0 Å². The summed E-state index contributed by atoms with van der Waals surface area (Å²) < 4.78 is 7.16. The van der Waals surface area contributed by atoms with E-state index in [9.17, 15) is 9.59 Å². The van der Waals surface area contributed by atoms with Gasteiger partial charge in [-0.15, -0.1) is 10.2 Å². The highest BCUT2D eigenvalue weighted by molar-refractivity contribution is 8.00. The number of para-hydroxylation sites is 1. The third kappa shape index (κ3) is 5.54. The monoisotopic (exact) mass is 465 g/mol. The van der Waals surface area contributed by atoms with E-state index in [4.69, 9.17) is 4.74 Å². The fourth-order valence-corrected chi connectivity index (χ4v) is 4.67. The Labute approximate surface area is 197 Å². The van der Waals surface area contributed by atoms with E-state index < -0.39 is 11.3 Å². The van der Waals surface area contributed by atoms with Crippen LogP contribution in [-0.2, 0) is 4.79 Å². The molecule has 2 N–H and O–H groups in total. The minimum absolute atomic E-state index is 0.147. The predicted octanol–water partition coefficient (Wildman–Crippen LogP) is 4.19. The molecule has 1 saturated carbocycles. The Hall–Kier alpha value is -3.33. The molecular formula is C24H27N5O3S. The fraction of sp³-hybridized carbons (Fsp3) is 0.333. The summed E-state index contributed by atoms with van der Waals surface area (Å²) in [6, 6.07) is 17.0. The third-order valence-corrected chi connectivity index (χ3v) is 6.62. The van der Waals surface area contributed by atoms with Gasteiger partial charge in [0.15, 0.2) is 11.0 Å². The smallest absolute Gasteiger partial charge is 0.321 e. The summed E-state index contributed by atoms with van der Waals surface area (Å²) in [5.41, 5.74) is 1.74. The number of hydrogen-bond acceptors (Lipinski definition) is 6. The molecule has 1 aliphatic rings. The van der Waals surface area contributed by atoms with Crippen molar-refractivity contribution in [2.24, 2.45) is 0 Å². The Balaban J connectivity index is 1.53. The summed E-state index contributed by atoms with van der Waals surface area (Å²) in [5, 5.41) is 14.1. The van der Waals surface area contributed by atoms with Gasteiger partial charge in [0.1, 0.15) is 5.75 Å². The van der Waals surface area contributed by atoms with Crippen molar-refractivity contribution in [3.8, 4) is 22.8 Å². The standard InChI is InChI=1S/C24H27N5O3S/c1-16(22(30)26-23(31)25-18-8-6-7-9-18)33-24-28-27-21(17-12-14-20(32-2)15-13-17)29(24)19-10-4-3-5-11-19/h3-5,10-16,18H,6-9H2,1-2H3,(H2,25,26,30,31). The maximum atomic E-state index is 12.7. The van der Waals surface area contributed by atoms with Crippen LogP contribution in [0.4, 0.5) is 4.79 Å². The molecule has 3 amide bonds. The molecule has 4 rings (SSSR count). The quantitative estimate of drug-likeness (QED) is 0.508. The van der Waals surface area contributed by atoms with Crippen LogP contribution in [0.25, 0.3) is 17.1 Å². The van der Waals surface area contributed by atoms with Gasteiger partial charge < -0.3 is 10.1 Å². The van der Waals surface area contributed by atoms with Crippen molar-refractivity contribution in [3.05, 3.63) is 54.6 Å². The molecule has 0 saturated heterocycles. The zero-order valence-electron chi connectivity index (χ0n) is 18.7. The van der Waals surface area contributed by atoms with Crippen molar-refractivity contribution in [2.45, 2.75) is 49.1 Å². The number of amides is 3. The van der Waals surface area contributed by atoms with Crippen molar-refractivity contribution in [1.82, 2.24) is 25.4 Å². The highest BCUT2D eigenvalue weighted by Gasteiger charge is 2.24. The van der Waals surface area contributed by atoms with Crippen molar-refractivity contribution in [2.75, 3.05) is 7.11 Å². The summed E-state index contributed by atoms with van der Waals surface area (Å²) >= 11 is 1.25. The normalized spacial score (nSPS) is 14.6. The van der Waals surface area contributed by atoms with Gasteiger partial charge in [0, 0.05) is 17.3 Å². The molecule has 8 nitrogen and oxygen atoms in total. The molecule has 1 aliphatic carbocycles. The van der Waals surface area contributed by atoms with Crippen molar-refractivity contribution in [3.63, 3.8) is 0 Å². The molecule has 2 aromatic carbocycles. The van der Waals surface area contributed by atoms with Crippen LogP contribution >= 0.6 is 11.8 Å². The van der Waals surface area contributed by atoms with Crippen LogP contribution in [0, 0.1) is 0 Å². The lowest BCUT2D eigenvalue weighted by Crippen LogP contribution is -2.45. The zero-order valence-corrected chi connectivity index (χ0v) is 19.5. The number of methoxy groups -OCH3 is 1. The highest BCUT2D eigenvalue weighted by Crippen LogP contribution is 2.31. The predicted molar refractivity (Wildman–Crippen MR) is 128 cm³/mol. The first kappa shape index (κ1) is 22.8. The molecule has 0 aliphatic heterocycles. The molecule has 1 aromatic heterocycles. The van der Waals surface area contributed by atoms with E-state index in [0.717, 1.165) is 42.7 Å². The van der Waals surface area contributed by atoms with Gasteiger partial charge in [-0.05, 0) is 56.2 Å². The maximum Gasteiger partial charge on any atom is 0.321 e. The van der Waals surface area contributed by atoms with E-state index in [1.165, 1.54) is 11.8 Å². The Kier molecular flexibility index (Phi) is 7.29. The molecule has 3 aromatic rings. The van der Waals surface area contributed by atoms with Gasteiger partial charge in [-0.2, -0.15) is 0 Å². The maximum absolute atomic E-state index is 12.7. The van der Waals surface area contributed by atoms with Crippen LogP contribution in [0.15, 0.2) is 59.8 Å². The first-order chi connectivity index (χ1) is 16.0. The molecule has 1 fully saturated rings. The Bertz CT molecular complexity index is 1100. The minimum atomic E-state index is -0.547. The number of carbonyl (C=O) groups is 2. The molecular weight excluding hydrogens is 438 g/mol. The number of urea groups is 1. The van der Waals surface area contributed by atoms with Gasteiger partial charge in [-0.3, -0.25) is 14.7 Å². The van der Waals surface area contributed by atoms with Crippen molar-refractivity contribution in [1.29, 1.82) is 0 Å². The number of nitrogens with one attached hydrogen (secondary N) is 2. The average Bonchev–Trinajstić information content (AvgIpc) is 3.49. The number of ether oxygens (including phenoxy) is 1. The molecule has 0 spiro atoms. The van der Waals surface area contributed by atoms with E-state index >= 15 is 0 Å². The molecule has 1 heterocycles. The molecule has 172 valence electrons. The van der Waals surface area contributed by atoms with E-state index in [1.807, 2.05) is 59.2 Å². The van der Waals surface area contributed by atoms with E-state index in [1.54, 1.807) is 14.0 Å². The van der Waals surface area contributed by atoms with Crippen LogP contribution < -0.4 is 15.4 Å². The number of carbonyl (C=O) groups excluding carboxylic acids is 2. The lowest BCUT2D eigenvalue weighted by atomic mass is 10.2. The topological polar surface area (TPSA) is 98.1 Å². The minimum Gasteiger partial charge on any atom is -0.497 e. The Morgan fingerprint density at radius 3 is 2.42 bits per heavy atom. The number of benzene rings is 2.